The summed E-state index contributed by atoms with van der Waals surface area (Å²) in [5.74, 6) is 0.486. The van der Waals surface area contributed by atoms with E-state index in [1.165, 1.54) is 6.07 Å². The molecule has 0 atom stereocenters. The van der Waals surface area contributed by atoms with Gasteiger partial charge >= 0.3 is 0 Å². The molecule has 0 saturated heterocycles. The number of aromatic nitrogens is 1. The number of pyridine rings is 1. The molecule has 60 valence electrons. The third kappa shape index (κ3) is 1.83. The number of rotatable bonds is 2. The number of aromatic amines is 1. The first-order valence-electron chi connectivity index (χ1n) is 3.25. The Hall–Kier alpha value is -0.770. The zero-order valence-electron chi connectivity index (χ0n) is 6.06. The standard InChI is InChI=1S/C7H8BrNO2/c1-2-11-7-6(8)5(10)3-4-9-7/h3-4H,2H2,1H3,(H,9,10). The Morgan fingerprint density at radius 3 is 3.09 bits per heavy atom. The molecule has 1 heterocycles. The van der Waals surface area contributed by atoms with E-state index in [1.54, 1.807) is 6.20 Å². The molecule has 3 nitrogen and oxygen atoms in total. The van der Waals surface area contributed by atoms with Gasteiger partial charge in [-0.15, -0.1) is 0 Å². The molecule has 1 aromatic rings. The largest absolute Gasteiger partial charge is 0.478 e. The van der Waals surface area contributed by atoms with Crippen LogP contribution in [0.25, 0.3) is 0 Å². The van der Waals surface area contributed by atoms with Crippen LogP contribution in [-0.2, 0) is 0 Å². The molecule has 0 aromatic carbocycles. The molecule has 0 aliphatic carbocycles. The first kappa shape index (κ1) is 8.33. The van der Waals surface area contributed by atoms with Gasteiger partial charge in [0.15, 0.2) is 5.43 Å². The molecule has 0 spiro atoms. The summed E-state index contributed by atoms with van der Waals surface area (Å²) in [4.78, 5) is 13.8. The van der Waals surface area contributed by atoms with Gasteiger partial charge in [-0.3, -0.25) is 4.79 Å². The molecule has 4 heteroatoms. The van der Waals surface area contributed by atoms with Crippen LogP contribution in [-0.4, -0.2) is 11.6 Å². The Labute approximate surface area is 72.5 Å². The highest BCUT2D eigenvalue weighted by Gasteiger charge is 2.02. The van der Waals surface area contributed by atoms with E-state index >= 15 is 0 Å². The van der Waals surface area contributed by atoms with Crippen LogP contribution in [0, 0.1) is 0 Å². The number of halogens is 1. The number of H-pyrrole nitrogens is 1. The van der Waals surface area contributed by atoms with Crippen LogP contribution in [0.5, 0.6) is 5.88 Å². The van der Waals surface area contributed by atoms with Gasteiger partial charge in [0, 0.05) is 12.3 Å². The summed E-state index contributed by atoms with van der Waals surface area (Å²) in [5.41, 5.74) is -0.0767. The van der Waals surface area contributed by atoms with Gasteiger partial charge in [-0.2, -0.15) is 0 Å². The van der Waals surface area contributed by atoms with E-state index in [1.807, 2.05) is 6.92 Å². The molecule has 1 rings (SSSR count). The van der Waals surface area contributed by atoms with Crippen molar-refractivity contribution in [3.05, 3.63) is 27.0 Å². The van der Waals surface area contributed by atoms with Crippen LogP contribution in [0.15, 0.2) is 21.5 Å². The summed E-state index contributed by atoms with van der Waals surface area (Å²) in [6.07, 6.45) is 1.55. The highest BCUT2D eigenvalue weighted by atomic mass is 79.9. The summed E-state index contributed by atoms with van der Waals surface area (Å²) >= 11 is 3.11. The lowest BCUT2D eigenvalue weighted by molar-refractivity contribution is 0.324. The Morgan fingerprint density at radius 1 is 1.73 bits per heavy atom. The summed E-state index contributed by atoms with van der Waals surface area (Å²) in [6.45, 7) is 2.40. The molecule has 1 N–H and O–H groups in total. The second-order valence-electron chi connectivity index (χ2n) is 1.92. The molecule has 0 aliphatic rings. The van der Waals surface area contributed by atoms with Crippen LogP contribution >= 0.6 is 15.9 Å². The molecule has 0 fully saturated rings. The van der Waals surface area contributed by atoms with Crippen LogP contribution in [0.2, 0.25) is 0 Å². The fraction of sp³-hybridized carbons (Fsp3) is 0.286. The smallest absolute Gasteiger partial charge is 0.209 e. The van der Waals surface area contributed by atoms with Gasteiger partial charge in [0.25, 0.3) is 0 Å². The summed E-state index contributed by atoms with van der Waals surface area (Å²) < 4.78 is 5.56. The number of ether oxygens (including phenoxy) is 1. The molecule has 0 bridgehead atoms. The minimum atomic E-state index is -0.0767. The van der Waals surface area contributed by atoms with Gasteiger partial charge in [0.05, 0.1) is 6.61 Å². The average Bonchev–Trinajstić information content (AvgIpc) is 1.99. The number of nitrogens with one attached hydrogen (secondary N) is 1. The fourth-order valence-electron chi connectivity index (χ4n) is 0.691. The van der Waals surface area contributed by atoms with E-state index < -0.39 is 0 Å². The van der Waals surface area contributed by atoms with Crippen molar-refractivity contribution in [1.29, 1.82) is 0 Å². The zero-order chi connectivity index (χ0) is 8.27. The summed E-state index contributed by atoms with van der Waals surface area (Å²) in [5, 5.41) is 0. The van der Waals surface area contributed by atoms with Crippen molar-refractivity contribution in [1.82, 2.24) is 4.98 Å². The van der Waals surface area contributed by atoms with Gasteiger partial charge in [-0.25, -0.2) is 0 Å². The average molecular weight is 218 g/mol. The third-order valence-electron chi connectivity index (χ3n) is 1.15. The van der Waals surface area contributed by atoms with Crippen molar-refractivity contribution >= 4 is 15.9 Å². The monoisotopic (exact) mass is 217 g/mol. The molecular weight excluding hydrogens is 210 g/mol. The molecule has 0 radical (unpaired) electrons. The van der Waals surface area contributed by atoms with E-state index in [0.717, 1.165) is 0 Å². The normalized spacial score (nSPS) is 9.64. The van der Waals surface area contributed by atoms with Crippen molar-refractivity contribution in [2.75, 3.05) is 6.61 Å². The lowest BCUT2D eigenvalue weighted by Gasteiger charge is -2.02. The van der Waals surface area contributed by atoms with E-state index in [0.29, 0.717) is 17.0 Å². The Balaban J connectivity index is 3.06. The van der Waals surface area contributed by atoms with Crippen LogP contribution in [0.4, 0.5) is 0 Å². The van der Waals surface area contributed by atoms with Crippen LogP contribution in [0.1, 0.15) is 6.92 Å². The van der Waals surface area contributed by atoms with Gasteiger partial charge in [-0.1, -0.05) is 0 Å². The van der Waals surface area contributed by atoms with Crippen molar-refractivity contribution in [2.45, 2.75) is 6.92 Å². The quantitative estimate of drug-likeness (QED) is 0.817. The van der Waals surface area contributed by atoms with Crippen molar-refractivity contribution < 1.29 is 4.74 Å². The van der Waals surface area contributed by atoms with Gasteiger partial charge in [0.2, 0.25) is 5.88 Å². The van der Waals surface area contributed by atoms with E-state index in [-0.39, 0.29) is 5.43 Å². The second-order valence-corrected chi connectivity index (χ2v) is 2.71. The summed E-state index contributed by atoms with van der Waals surface area (Å²) in [7, 11) is 0. The topological polar surface area (TPSA) is 42.1 Å². The second kappa shape index (κ2) is 3.57. The van der Waals surface area contributed by atoms with Gasteiger partial charge in [-0.05, 0) is 22.9 Å². The van der Waals surface area contributed by atoms with E-state index in [4.69, 9.17) is 4.74 Å². The molecule has 1 aromatic heterocycles. The van der Waals surface area contributed by atoms with Gasteiger partial charge < -0.3 is 9.72 Å². The minimum absolute atomic E-state index is 0.0767. The lowest BCUT2D eigenvalue weighted by atomic mass is 10.5. The number of hydrogen-bond donors (Lipinski definition) is 1. The highest BCUT2D eigenvalue weighted by Crippen LogP contribution is 2.15. The molecule has 11 heavy (non-hydrogen) atoms. The fourth-order valence-corrected chi connectivity index (χ4v) is 1.05. The maximum absolute atomic E-state index is 11.0. The van der Waals surface area contributed by atoms with Crippen LogP contribution in [0.3, 0.4) is 0 Å². The van der Waals surface area contributed by atoms with E-state index in [2.05, 4.69) is 20.9 Å². The van der Waals surface area contributed by atoms with Crippen molar-refractivity contribution in [2.24, 2.45) is 0 Å². The maximum Gasteiger partial charge on any atom is 0.209 e. The third-order valence-corrected chi connectivity index (χ3v) is 1.90. The predicted molar refractivity (Wildman–Crippen MR) is 45.9 cm³/mol. The molecular formula is C7H8BrNO2. The zero-order valence-corrected chi connectivity index (χ0v) is 7.64. The Morgan fingerprint density at radius 2 is 2.45 bits per heavy atom. The lowest BCUT2D eigenvalue weighted by Crippen LogP contribution is -2.04. The Kier molecular flexibility index (Phi) is 2.70. The van der Waals surface area contributed by atoms with Crippen LogP contribution < -0.4 is 10.2 Å². The van der Waals surface area contributed by atoms with Crippen molar-refractivity contribution in [3.8, 4) is 5.88 Å². The number of hydrogen-bond acceptors (Lipinski definition) is 2. The SMILES string of the molecule is CCOc1[nH]ccc(=O)c1Br. The molecule has 0 aliphatic heterocycles. The maximum atomic E-state index is 11.0. The molecule has 0 unspecified atom stereocenters. The minimum Gasteiger partial charge on any atom is -0.478 e. The predicted octanol–water partition coefficient (Wildman–Crippen LogP) is 1.54. The van der Waals surface area contributed by atoms with Gasteiger partial charge in [0.1, 0.15) is 4.47 Å². The molecule has 0 amide bonds. The first-order valence-corrected chi connectivity index (χ1v) is 4.05. The molecule has 0 saturated carbocycles. The van der Waals surface area contributed by atoms with E-state index in [9.17, 15) is 4.79 Å². The Bertz CT molecular complexity index is 295. The van der Waals surface area contributed by atoms with Crippen molar-refractivity contribution in [3.63, 3.8) is 0 Å². The highest BCUT2D eigenvalue weighted by molar-refractivity contribution is 9.10. The summed E-state index contributed by atoms with van der Waals surface area (Å²) in [6, 6.07) is 1.44. The first-order chi connectivity index (χ1) is 5.25.